The third-order valence-corrected chi connectivity index (χ3v) is 5.26. The number of hydrogen-bond donors (Lipinski definition) is 0. The van der Waals surface area contributed by atoms with Crippen LogP contribution in [0.4, 0.5) is 11.4 Å². The zero-order valence-electron chi connectivity index (χ0n) is 14.1. The summed E-state index contributed by atoms with van der Waals surface area (Å²) in [6.07, 6.45) is 0.578. The Morgan fingerprint density at radius 1 is 0.920 bits per heavy atom. The first-order valence-electron chi connectivity index (χ1n) is 8.61. The van der Waals surface area contributed by atoms with Gasteiger partial charge in [0.25, 0.3) is 0 Å². The van der Waals surface area contributed by atoms with E-state index in [9.17, 15) is 4.79 Å². The molecule has 0 fully saturated rings. The van der Waals surface area contributed by atoms with Crippen LogP contribution in [0.5, 0.6) is 0 Å². The number of hydrogen-bond acceptors (Lipinski definition) is 2. The van der Waals surface area contributed by atoms with E-state index >= 15 is 0 Å². The van der Waals surface area contributed by atoms with Crippen LogP contribution in [0, 0.1) is 0 Å². The molecular weight excluding hydrogens is 308 g/mol. The summed E-state index contributed by atoms with van der Waals surface area (Å²) in [6.45, 7) is 0.758. The van der Waals surface area contributed by atoms with Crippen molar-refractivity contribution in [2.24, 2.45) is 0 Å². The summed E-state index contributed by atoms with van der Waals surface area (Å²) < 4.78 is 2.31. The van der Waals surface area contributed by atoms with Crippen LogP contribution in [0.15, 0.2) is 66.7 Å². The van der Waals surface area contributed by atoms with Gasteiger partial charge >= 0.3 is 0 Å². The lowest BCUT2D eigenvalue weighted by atomic mass is 10.00. The minimum Gasteiger partial charge on any atom is -0.344 e. The number of carbonyl (C=O) groups excluding carboxylic acids is 1. The second-order valence-electron chi connectivity index (χ2n) is 6.59. The lowest BCUT2D eigenvalue weighted by molar-refractivity contribution is 0.0974. The molecule has 0 amide bonds. The zero-order chi connectivity index (χ0) is 17.0. The molecule has 5 rings (SSSR count). The van der Waals surface area contributed by atoms with Gasteiger partial charge in [0.2, 0.25) is 0 Å². The van der Waals surface area contributed by atoms with Gasteiger partial charge in [-0.05, 0) is 30.3 Å². The number of para-hydroxylation sites is 2. The zero-order valence-corrected chi connectivity index (χ0v) is 14.1. The number of aromatic nitrogens is 1. The average Bonchev–Trinajstić information content (AvgIpc) is 3.00. The molecule has 0 spiro atoms. The van der Waals surface area contributed by atoms with E-state index in [0.29, 0.717) is 6.42 Å². The molecule has 0 saturated heterocycles. The van der Waals surface area contributed by atoms with Crippen LogP contribution in [0.3, 0.4) is 0 Å². The van der Waals surface area contributed by atoms with Gasteiger partial charge < -0.3 is 9.47 Å². The van der Waals surface area contributed by atoms with Crippen molar-refractivity contribution in [2.45, 2.75) is 13.0 Å². The summed E-state index contributed by atoms with van der Waals surface area (Å²) in [5.74, 6) is 0.245. The van der Waals surface area contributed by atoms with Gasteiger partial charge in [-0.15, -0.1) is 0 Å². The standard InChI is InChI=1S/C22H18N2O/c1-23(15-7-3-2-4-8-15)19-12-11-17-20(25)13-14-24-18-10-6-5-9-16(18)21(19)22(17)24/h2-12H,13-14H2,1H3. The van der Waals surface area contributed by atoms with E-state index in [0.717, 1.165) is 29.0 Å². The molecule has 122 valence electrons. The van der Waals surface area contributed by atoms with Crippen molar-refractivity contribution < 1.29 is 4.79 Å². The SMILES string of the molecule is CN(c1ccccc1)c1ccc2c3c1c1ccccc1n3CCC2=O. The minimum atomic E-state index is 0.245. The number of benzene rings is 3. The Balaban J connectivity index is 1.89. The highest BCUT2D eigenvalue weighted by atomic mass is 16.1. The normalized spacial score (nSPS) is 13.6. The van der Waals surface area contributed by atoms with Gasteiger partial charge in [-0.3, -0.25) is 4.79 Å². The van der Waals surface area contributed by atoms with Crippen molar-refractivity contribution in [3.63, 3.8) is 0 Å². The first kappa shape index (κ1) is 14.3. The summed E-state index contributed by atoms with van der Waals surface area (Å²) in [7, 11) is 2.09. The molecule has 0 unspecified atom stereocenters. The molecule has 2 heterocycles. The van der Waals surface area contributed by atoms with Gasteiger partial charge in [0.05, 0.1) is 11.2 Å². The molecule has 3 nitrogen and oxygen atoms in total. The Bertz CT molecular complexity index is 1130. The molecular formula is C22H18N2O. The molecule has 0 bridgehead atoms. The Labute approximate surface area is 146 Å². The van der Waals surface area contributed by atoms with E-state index in [2.05, 4.69) is 59.0 Å². The third-order valence-electron chi connectivity index (χ3n) is 5.26. The van der Waals surface area contributed by atoms with Crippen molar-refractivity contribution in [3.8, 4) is 0 Å². The van der Waals surface area contributed by atoms with Gasteiger partial charge in [-0.2, -0.15) is 0 Å². The van der Waals surface area contributed by atoms with E-state index in [1.807, 2.05) is 24.3 Å². The van der Waals surface area contributed by atoms with Gasteiger partial charge in [0, 0.05) is 47.6 Å². The van der Waals surface area contributed by atoms with Crippen LogP contribution in [-0.4, -0.2) is 17.4 Å². The molecule has 0 N–H and O–H groups in total. The predicted octanol–water partition coefficient (Wildman–Crippen LogP) is 5.15. The fraction of sp³-hybridized carbons (Fsp3) is 0.136. The number of aryl methyl sites for hydroxylation is 1. The molecule has 4 aromatic rings. The summed E-state index contributed by atoms with van der Waals surface area (Å²) in [5.41, 5.74) is 5.41. The molecule has 0 atom stereocenters. The maximum absolute atomic E-state index is 12.5. The minimum absolute atomic E-state index is 0.245. The summed E-state index contributed by atoms with van der Waals surface area (Å²) >= 11 is 0. The van der Waals surface area contributed by atoms with Crippen LogP contribution in [-0.2, 0) is 6.54 Å². The smallest absolute Gasteiger partial charge is 0.166 e. The van der Waals surface area contributed by atoms with Crippen LogP contribution >= 0.6 is 0 Å². The highest BCUT2D eigenvalue weighted by Crippen LogP contribution is 2.41. The van der Waals surface area contributed by atoms with Crippen molar-refractivity contribution in [3.05, 3.63) is 72.3 Å². The maximum atomic E-state index is 12.5. The fourth-order valence-corrected chi connectivity index (χ4v) is 4.04. The third kappa shape index (κ3) is 1.96. The molecule has 1 aliphatic heterocycles. The van der Waals surface area contributed by atoms with E-state index in [1.165, 1.54) is 16.3 Å². The summed E-state index contributed by atoms with van der Waals surface area (Å²) in [4.78, 5) is 14.7. The highest BCUT2D eigenvalue weighted by Gasteiger charge is 2.25. The van der Waals surface area contributed by atoms with Crippen molar-refractivity contribution in [1.82, 2.24) is 4.57 Å². The topological polar surface area (TPSA) is 25.2 Å². The Morgan fingerprint density at radius 2 is 1.68 bits per heavy atom. The number of anilines is 2. The van der Waals surface area contributed by atoms with Gasteiger partial charge in [-0.1, -0.05) is 36.4 Å². The first-order chi connectivity index (χ1) is 12.3. The molecule has 25 heavy (non-hydrogen) atoms. The molecule has 3 heteroatoms. The van der Waals surface area contributed by atoms with Gasteiger partial charge in [0.15, 0.2) is 5.78 Å². The molecule has 0 saturated carbocycles. The summed E-state index contributed by atoms with van der Waals surface area (Å²) in [6, 6.07) is 22.9. The van der Waals surface area contributed by atoms with Crippen LogP contribution in [0.2, 0.25) is 0 Å². The van der Waals surface area contributed by atoms with Crippen LogP contribution < -0.4 is 4.90 Å². The average molecular weight is 326 g/mol. The number of carbonyl (C=O) groups is 1. The van der Waals surface area contributed by atoms with Crippen molar-refractivity contribution in [1.29, 1.82) is 0 Å². The van der Waals surface area contributed by atoms with Crippen LogP contribution in [0.1, 0.15) is 16.8 Å². The second kappa shape index (κ2) is 5.21. The monoisotopic (exact) mass is 326 g/mol. The molecule has 0 aliphatic carbocycles. The number of ketones is 1. The number of fused-ring (bicyclic) bond motifs is 3. The quantitative estimate of drug-likeness (QED) is 0.509. The first-order valence-corrected chi connectivity index (χ1v) is 8.61. The lowest BCUT2D eigenvalue weighted by Crippen LogP contribution is -2.15. The van der Waals surface area contributed by atoms with E-state index in [4.69, 9.17) is 0 Å². The number of Topliss-reactive ketones (excluding diaryl/α,β-unsaturated/α-hetero) is 1. The largest absolute Gasteiger partial charge is 0.344 e. The Kier molecular flexibility index (Phi) is 2.98. The Morgan fingerprint density at radius 3 is 2.52 bits per heavy atom. The number of nitrogens with zero attached hydrogens (tertiary/aromatic N) is 2. The van der Waals surface area contributed by atoms with Gasteiger partial charge in [-0.25, -0.2) is 0 Å². The van der Waals surface area contributed by atoms with Gasteiger partial charge in [0.1, 0.15) is 0 Å². The molecule has 1 aliphatic rings. The van der Waals surface area contributed by atoms with E-state index in [1.54, 1.807) is 0 Å². The molecule has 0 radical (unpaired) electrons. The highest BCUT2D eigenvalue weighted by molar-refractivity contribution is 6.21. The van der Waals surface area contributed by atoms with E-state index < -0.39 is 0 Å². The maximum Gasteiger partial charge on any atom is 0.166 e. The fourth-order valence-electron chi connectivity index (χ4n) is 4.04. The van der Waals surface area contributed by atoms with Crippen LogP contribution in [0.25, 0.3) is 21.8 Å². The number of rotatable bonds is 2. The Hall–Kier alpha value is -3.07. The summed E-state index contributed by atoms with van der Waals surface area (Å²) in [5, 5.41) is 2.39. The lowest BCUT2D eigenvalue weighted by Gasteiger charge is -2.23. The molecule has 1 aromatic heterocycles. The van der Waals surface area contributed by atoms with Crippen molar-refractivity contribution in [2.75, 3.05) is 11.9 Å². The van der Waals surface area contributed by atoms with Crippen molar-refractivity contribution >= 4 is 39.0 Å². The second-order valence-corrected chi connectivity index (χ2v) is 6.59. The van der Waals surface area contributed by atoms with E-state index in [-0.39, 0.29) is 5.78 Å². The molecule has 3 aromatic carbocycles. The predicted molar refractivity (Wildman–Crippen MR) is 103 cm³/mol.